The summed E-state index contributed by atoms with van der Waals surface area (Å²) in [4.78, 5) is 11.0. The van der Waals surface area contributed by atoms with E-state index in [-0.39, 0.29) is 4.90 Å². The van der Waals surface area contributed by atoms with Gasteiger partial charge in [-0.15, -0.1) is 0 Å². The lowest BCUT2D eigenvalue weighted by Crippen LogP contribution is -2.40. The predicted octanol–water partition coefficient (Wildman–Crippen LogP) is 1.87. The summed E-state index contributed by atoms with van der Waals surface area (Å²) in [5.74, 6) is -0.867. The maximum absolute atomic E-state index is 12.8. The fourth-order valence-corrected chi connectivity index (χ4v) is 4.68. The monoisotopic (exact) mass is 377 g/mol. The zero-order chi connectivity index (χ0) is 15.8. The van der Waals surface area contributed by atoms with Crippen molar-refractivity contribution in [2.75, 3.05) is 13.2 Å². The molecule has 0 atom stereocenters. The average Bonchev–Trinajstić information content (AvgIpc) is 2.81. The average molecular weight is 378 g/mol. The summed E-state index contributed by atoms with van der Waals surface area (Å²) in [5, 5.41) is 8.94. The van der Waals surface area contributed by atoms with Gasteiger partial charge < -0.3 is 9.84 Å². The highest BCUT2D eigenvalue weighted by molar-refractivity contribution is 9.10. The van der Waals surface area contributed by atoms with E-state index in [1.807, 2.05) is 6.07 Å². The smallest absolute Gasteiger partial charge is 0.318 e. The molecule has 8 heteroatoms. The summed E-state index contributed by atoms with van der Waals surface area (Å²) in [5.41, 5.74) is 0.807. The molecular weight excluding hydrogens is 362 g/mol. The van der Waals surface area contributed by atoms with Crippen LogP contribution in [0.4, 0.5) is 0 Å². The van der Waals surface area contributed by atoms with Crippen molar-refractivity contribution in [2.45, 2.75) is 31.2 Å². The molecule has 0 amide bonds. The van der Waals surface area contributed by atoms with Crippen LogP contribution in [0.2, 0.25) is 0 Å². The van der Waals surface area contributed by atoms with Gasteiger partial charge in [0.05, 0.1) is 6.61 Å². The predicted molar refractivity (Wildman–Crippen MR) is 80.0 cm³/mol. The molecule has 1 aromatic rings. The first kappa shape index (κ1) is 16.3. The molecule has 0 aromatic heterocycles. The molecule has 0 fully saturated rings. The van der Waals surface area contributed by atoms with E-state index in [0.29, 0.717) is 23.2 Å². The van der Waals surface area contributed by atoms with Crippen LogP contribution < -0.4 is 4.74 Å². The molecule has 0 radical (unpaired) electrons. The number of carbonyl (C=O) groups is 1. The number of carboxylic acid groups (broad SMARTS) is 1. The first-order valence-corrected chi connectivity index (χ1v) is 8.65. The summed E-state index contributed by atoms with van der Waals surface area (Å²) < 4.78 is 32.6. The number of hydrogen-bond acceptors (Lipinski definition) is 4. The van der Waals surface area contributed by atoms with Crippen LogP contribution in [0.1, 0.15) is 19.4 Å². The molecule has 6 nitrogen and oxygen atoms in total. The Bertz CT molecular complexity index is 671. The van der Waals surface area contributed by atoms with Gasteiger partial charge in [-0.05, 0) is 26.0 Å². The van der Waals surface area contributed by atoms with E-state index in [0.717, 1.165) is 9.87 Å². The van der Waals surface area contributed by atoms with Crippen molar-refractivity contribution in [3.63, 3.8) is 0 Å². The van der Waals surface area contributed by atoms with Crippen molar-refractivity contribution >= 4 is 31.9 Å². The maximum Gasteiger partial charge on any atom is 0.318 e. The second kappa shape index (κ2) is 5.94. The lowest BCUT2D eigenvalue weighted by molar-refractivity contribution is -0.137. The van der Waals surface area contributed by atoms with E-state index in [2.05, 4.69) is 15.9 Å². The van der Waals surface area contributed by atoms with Crippen molar-refractivity contribution < 1.29 is 23.1 Å². The largest absolute Gasteiger partial charge is 0.492 e. The topological polar surface area (TPSA) is 83.9 Å². The molecule has 0 saturated heterocycles. The van der Waals surface area contributed by atoms with E-state index in [1.54, 1.807) is 13.8 Å². The molecule has 1 aliphatic rings. The molecule has 21 heavy (non-hydrogen) atoms. The van der Waals surface area contributed by atoms with Crippen LogP contribution in [-0.4, -0.2) is 43.0 Å². The summed E-state index contributed by atoms with van der Waals surface area (Å²) in [6.45, 7) is 3.12. The van der Waals surface area contributed by atoms with E-state index in [9.17, 15) is 13.2 Å². The molecule has 1 aromatic carbocycles. The van der Waals surface area contributed by atoms with Gasteiger partial charge in [0.1, 0.15) is 17.2 Å². The molecule has 0 unspecified atom stereocenters. The fourth-order valence-electron chi connectivity index (χ4n) is 2.23. The van der Waals surface area contributed by atoms with Gasteiger partial charge in [0.2, 0.25) is 10.0 Å². The molecule has 0 saturated carbocycles. The minimum Gasteiger partial charge on any atom is -0.492 e. The van der Waals surface area contributed by atoms with Crippen LogP contribution in [0.25, 0.3) is 0 Å². The highest BCUT2D eigenvalue weighted by atomic mass is 79.9. The van der Waals surface area contributed by atoms with Crippen molar-refractivity contribution in [1.29, 1.82) is 0 Å². The number of aliphatic carboxylic acids is 1. The molecule has 0 aliphatic carbocycles. The number of nitrogens with zero attached hydrogens (tertiary/aromatic N) is 1. The lowest BCUT2D eigenvalue weighted by Gasteiger charge is -2.25. The van der Waals surface area contributed by atoms with E-state index >= 15 is 0 Å². The molecule has 116 valence electrons. The Morgan fingerprint density at radius 3 is 2.71 bits per heavy atom. The van der Waals surface area contributed by atoms with Crippen LogP contribution in [0.5, 0.6) is 5.75 Å². The Labute approximate surface area is 131 Å². The Kier molecular flexibility index (Phi) is 4.60. The highest BCUT2D eigenvalue weighted by Crippen LogP contribution is 2.37. The molecular formula is C13H16BrNO5S. The van der Waals surface area contributed by atoms with Gasteiger partial charge in [0.25, 0.3) is 0 Å². The number of hydrogen-bond donors (Lipinski definition) is 1. The van der Waals surface area contributed by atoms with Crippen molar-refractivity contribution in [1.82, 2.24) is 4.31 Å². The SMILES string of the molecule is CC(C)N(CC(=O)O)S(=O)(=O)c1cc(Br)cc2c1OCC2. The maximum atomic E-state index is 12.8. The summed E-state index contributed by atoms with van der Waals surface area (Å²) in [6.07, 6.45) is 0.637. The number of carboxylic acids is 1. The quantitative estimate of drug-likeness (QED) is 0.846. The van der Waals surface area contributed by atoms with Crippen LogP contribution in [0.3, 0.4) is 0 Å². The van der Waals surface area contributed by atoms with Gasteiger partial charge in [0.15, 0.2) is 0 Å². The van der Waals surface area contributed by atoms with Crippen LogP contribution in [-0.2, 0) is 21.2 Å². The normalized spacial score (nSPS) is 14.3. The van der Waals surface area contributed by atoms with Crippen LogP contribution >= 0.6 is 15.9 Å². The molecule has 2 rings (SSSR count). The Balaban J connectivity index is 2.55. The fraction of sp³-hybridized carbons (Fsp3) is 0.462. The van der Waals surface area contributed by atoms with Gasteiger partial charge in [-0.25, -0.2) is 8.42 Å². The molecule has 1 aliphatic heterocycles. The third kappa shape index (κ3) is 3.22. The molecule has 0 spiro atoms. The standard InChI is InChI=1S/C13H16BrNO5S/c1-8(2)15(7-12(16)17)21(18,19)11-6-10(14)5-9-3-4-20-13(9)11/h5-6,8H,3-4,7H2,1-2H3,(H,16,17). The number of fused-ring (bicyclic) bond motifs is 1. The molecule has 1 heterocycles. The van der Waals surface area contributed by atoms with Gasteiger partial charge in [-0.1, -0.05) is 15.9 Å². The van der Waals surface area contributed by atoms with Crippen LogP contribution in [0.15, 0.2) is 21.5 Å². The Morgan fingerprint density at radius 2 is 2.14 bits per heavy atom. The van der Waals surface area contributed by atoms with Gasteiger partial charge >= 0.3 is 5.97 Å². The van der Waals surface area contributed by atoms with E-state index in [1.165, 1.54) is 6.07 Å². The number of ether oxygens (including phenoxy) is 1. The highest BCUT2D eigenvalue weighted by Gasteiger charge is 2.34. The number of sulfonamides is 1. The number of benzene rings is 1. The zero-order valence-electron chi connectivity index (χ0n) is 11.7. The first-order valence-electron chi connectivity index (χ1n) is 6.42. The van der Waals surface area contributed by atoms with E-state index < -0.39 is 28.6 Å². The third-order valence-electron chi connectivity index (χ3n) is 3.17. The van der Waals surface area contributed by atoms with Gasteiger partial charge in [0, 0.05) is 22.5 Å². The summed E-state index contributed by atoms with van der Waals surface area (Å²) in [7, 11) is -3.95. The second-order valence-electron chi connectivity index (χ2n) is 5.03. The van der Waals surface area contributed by atoms with Crippen molar-refractivity contribution in [3.05, 3.63) is 22.2 Å². The minimum atomic E-state index is -3.95. The summed E-state index contributed by atoms with van der Waals surface area (Å²) >= 11 is 3.29. The van der Waals surface area contributed by atoms with Gasteiger partial charge in [-0.2, -0.15) is 4.31 Å². The Morgan fingerprint density at radius 1 is 1.48 bits per heavy atom. The number of halogens is 1. The summed E-state index contributed by atoms with van der Waals surface area (Å²) in [6, 6.07) is 2.80. The van der Waals surface area contributed by atoms with Crippen LogP contribution in [0, 0.1) is 0 Å². The van der Waals surface area contributed by atoms with Gasteiger partial charge in [-0.3, -0.25) is 4.79 Å². The number of rotatable bonds is 5. The minimum absolute atomic E-state index is 0.0133. The third-order valence-corrected chi connectivity index (χ3v) is 5.65. The molecule has 1 N–H and O–H groups in total. The van der Waals surface area contributed by atoms with E-state index in [4.69, 9.17) is 9.84 Å². The lowest BCUT2D eigenvalue weighted by atomic mass is 10.2. The van der Waals surface area contributed by atoms with Crippen molar-refractivity contribution in [3.8, 4) is 5.75 Å². The molecule has 0 bridgehead atoms. The Hall–Kier alpha value is -1.12. The van der Waals surface area contributed by atoms with Crippen molar-refractivity contribution in [2.24, 2.45) is 0 Å². The zero-order valence-corrected chi connectivity index (χ0v) is 14.1. The second-order valence-corrected chi connectivity index (χ2v) is 7.80. The first-order chi connectivity index (χ1) is 9.73.